The molecule has 2 rings (SSSR count). The van der Waals surface area contributed by atoms with Gasteiger partial charge in [0.15, 0.2) is 11.5 Å². The zero-order valence-electron chi connectivity index (χ0n) is 14.4. The number of halogens is 1. The Morgan fingerprint density at radius 3 is 2.32 bits per heavy atom. The highest BCUT2D eigenvalue weighted by atomic mass is 35.5. The fraction of sp³-hybridized carbons (Fsp3) is 0.222. The van der Waals surface area contributed by atoms with E-state index in [1.165, 1.54) is 27.5 Å². The van der Waals surface area contributed by atoms with Crippen LogP contribution in [-0.2, 0) is 0 Å². The molecule has 0 fully saturated rings. The normalized spacial score (nSPS) is 10.6. The second-order valence-electron chi connectivity index (χ2n) is 5.13. The van der Waals surface area contributed by atoms with E-state index in [4.69, 9.17) is 25.8 Å². The van der Waals surface area contributed by atoms with Gasteiger partial charge in [-0.25, -0.2) is 5.43 Å². The van der Waals surface area contributed by atoms with Gasteiger partial charge in [0.05, 0.1) is 38.1 Å². The Balaban J connectivity index is 2.17. The standard InChI is InChI=1S/C18H19ClN2O4/c1-11-5-6-13(15(7-11)23-2)18(22)21-20-10-12-8-16(24-3)17(25-4)9-14(12)19/h5-10H,1-4H3,(H,21,22)/b20-10-. The van der Waals surface area contributed by atoms with Gasteiger partial charge in [-0.15, -0.1) is 0 Å². The van der Waals surface area contributed by atoms with Gasteiger partial charge in [0.25, 0.3) is 5.91 Å². The van der Waals surface area contributed by atoms with Crippen molar-refractivity contribution in [3.8, 4) is 17.2 Å². The van der Waals surface area contributed by atoms with Gasteiger partial charge in [0.2, 0.25) is 0 Å². The summed E-state index contributed by atoms with van der Waals surface area (Å²) in [5, 5.41) is 4.37. The van der Waals surface area contributed by atoms with Crippen LogP contribution in [0.25, 0.3) is 0 Å². The van der Waals surface area contributed by atoms with Crippen LogP contribution in [0.5, 0.6) is 17.2 Å². The van der Waals surface area contributed by atoms with Crippen molar-refractivity contribution in [3.05, 3.63) is 52.0 Å². The van der Waals surface area contributed by atoms with Gasteiger partial charge in [-0.1, -0.05) is 17.7 Å². The Bertz CT molecular complexity index is 806. The van der Waals surface area contributed by atoms with E-state index < -0.39 is 0 Å². The van der Waals surface area contributed by atoms with Crippen LogP contribution < -0.4 is 19.6 Å². The number of methoxy groups -OCH3 is 3. The quantitative estimate of drug-likeness (QED) is 0.631. The van der Waals surface area contributed by atoms with E-state index in [1.54, 1.807) is 24.3 Å². The zero-order valence-corrected chi connectivity index (χ0v) is 15.2. The Morgan fingerprint density at radius 1 is 1.04 bits per heavy atom. The highest BCUT2D eigenvalue weighted by molar-refractivity contribution is 6.33. The van der Waals surface area contributed by atoms with Crippen molar-refractivity contribution in [1.82, 2.24) is 5.43 Å². The molecule has 25 heavy (non-hydrogen) atoms. The number of nitrogens with one attached hydrogen (secondary N) is 1. The van der Waals surface area contributed by atoms with Crippen molar-refractivity contribution in [2.24, 2.45) is 5.10 Å². The van der Waals surface area contributed by atoms with Crippen LogP contribution in [0.3, 0.4) is 0 Å². The second kappa shape index (κ2) is 8.39. The smallest absolute Gasteiger partial charge is 0.275 e. The second-order valence-corrected chi connectivity index (χ2v) is 5.54. The molecule has 1 amide bonds. The lowest BCUT2D eigenvalue weighted by Gasteiger charge is -2.09. The van der Waals surface area contributed by atoms with Crippen LogP contribution in [-0.4, -0.2) is 33.5 Å². The number of carbonyl (C=O) groups is 1. The first-order chi connectivity index (χ1) is 12.0. The molecule has 1 N–H and O–H groups in total. The van der Waals surface area contributed by atoms with Gasteiger partial charge in [-0.05, 0) is 30.7 Å². The predicted molar refractivity (Wildman–Crippen MR) is 97.3 cm³/mol. The maximum absolute atomic E-state index is 12.3. The summed E-state index contributed by atoms with van der Waals surface area (Å²) >= 11 is 6.18. The van der Waals surface area contributed by atoms with E-state index in [1.807, 2.05) is 13.0 Å². The molecule has 6 nitrogen and oxygen atoms in total. The summed E-state index contributed by atoms with van der Waals surface area (Å²) in [6, 6.07) is 8.58. The number of ether oxygens (including phenoxy) is 3. The first-order valence-corrected chi connectivity index (χ1v) is 7.77. The maximum atomic E-state index is 12.3. The fourth-order valence-electron chi connectivity index (χ4n) is 2.18. The van der Waals surface area contributed by atoms with E-state index in [2.05, 4.69) is 10.5 Å². The molecule has 0 spiro atoms. The van der Waals surface area contributed by atoms with E-state index in [-0.39, 0.29) is 5.91 Å². The highest BCUT2D eigenvalue weighted by Crippen LogP contribution is 2.32. The number of hydrazone groups is 1. The maximum Gasteiger partial charge on any atom is 0.275 e. The molecule has 0 saturated heterocycles. The van der Waals surface area contributed by atoms with Crippen molar-refractivity contribution in [3.63, 3.8) is 0 Å². The van der Waals surface area contributed by atoms with Crippen molar-refractivity contribution in [2.45, 2.75) is 6.92 Å². The monoisotopic (exact) mass is 362 g/mol. The summed E-state index contributed by atoms with van der Waals surface area (Å²) in [4.78, 5) is 12.3. The number of hydrogen-bond acceptors (Lipinski definition) is 5. The molecule has 132 valence electrons. The Kier molecular flexibility index (Phi) is 6.25. The van der Waals surface area contributed by atoms with Gasteiger partial charge >= 0.3 is 0 Å². The third-order valence-corrected chi connectivity index (χ3v) is 3.80. The molecule has 0 aromatic heterocycles. The predicted octanol–water partition coefficient (Wildman–Crippen LogP) is 3.44. The van der Waals surface area contributed by atoms with E-state index in [0.29, 0.717) is 33.4 Å². The summed E-state index contributed by atoms with van der Waals surface area (Å²) in [5.41, 5.74) is 4.42. The van der Waals surface area contributed by atoms with Crippen molar-refractivity contribution in [1.29, 1.82) is 0 Å². The van der Waals surface area contributed by atoms with Gasteiger partial charge in [0, 0.05) is 11.6 Å². The molecular weight excluding hydrogens is 344 g/mol. The molecule has 0 aliphatic heterocycles. The van der Waals surface area contributed by atoms with Crippen molar-refractivity contribution < 1.29 is 19.0 Å². The van der Waals surface area contributed by atoms with E-state index >= 15 is 0 Å². The number of rotatable bonds is 6. The summed E-state index contributed by atoms with van der Waals surface area (Å²) in [7, 11) is 4.56. The van der Waals surface area contributed by atoms with Gasteiger partial charge < -0.3 is 14.2 Å². The first-order valence-electron chi connectivity index (χ1n) is 7.39. The molecule has 7 heteroatoms. The largest absolute Gasteiger partial charge is 0.496 e. The first kappa shape index (κ1) is 18.6. The van der Waals surface area contributed by atoms with Crippen molar-refractivity contribution >= 4 is 23.7 Å². The number of hydrogen-bond donors (Lipinski definition) is 1. The molecule has 2 aromatic rings. The Morgan fingerprint density at radius 2 is 1.68 bits per heavy atom. The molecule has 0 bridgehead atoms. The lowest BCUT2D eigenvalue weighted by Crippen LogP contribution is -2.18. The number of amides is 1. The average molecular weight is 363 g/mol. The van der Waals surface area contributed by atoms with Gasteiger partial charge in [-0.2, -0.15) is 5.10 Å². The number of benzene rings is 2. The average Bonchev–Trinajstić information content (AvgIpc) is 2.62. The summed E-state index contributed by atoms with van der Waals surface area (Å²) in [6.07, 6.45) is 1.43. The number of carbonyl (C=O) groups excluding carboxylic acids is 1. The van der Waals surface area contributed by atoms with Crippen LogP contribution >= 0.6 is 11.6 Å². The molecule has 2 aromatic carbocycles. The molecule has 0 atom stereocenters. The van der Waals surface area contributed by atoms with Crippen molar-refractivity contribution in [2.75, 3.05) is 21.3 Å². The van der Waals surface area contributed by atoms with E-state index in [0.717, 1.165) is 5.56 Å². The summed E-state index contributed by atoms with van der Waals surface area (Å²) in [6.45, 7) is 1.92. The third-order valence-electron chi connectivity index (χ3n) is 3.47. The summed E-state index contributed by atoms with van der Waals surface area (Å²) in [5.74, 6) is 1.12. The number of aryl methyl sites for hydroxylation is 1. The molecule has 0 unspecified atom stereocenters. The minimum Gasteiger partial charge on any atom is -0.496 e. The highest BCUT2D eigenvalue weighted by Gasteiger charge is 2.12. The fourth-order valence-corrected chi connectivity index (χ4v) is 2.38. The lowest BCUT2D eigenvalue weighted by molar-refractivity contribution is 0.0952. The van der Waals surface area contributed by atoms with E-state index in [9.17, 15) is 4.79 Å². The zero-order chi connectivity index (χ0) is 18.4. The Hall–Kier alpha value is -2.73. The van der Waals surface area contributed by atoms with Crippen LogP contribution in [0.2, 0.25) is 5.02 Å². The molecule has 0 heterocycles. The molecule has 0 radical (unpaired) electrons. The SMILES string of the molecule is COc1cc(Cl)c(/C=N\NC(=O)c2ccc(C)cc2OC)cc1OC. The topological polar surface area (TPSA) is 69.2 Å². The van der Waals surface area contributed by atoms with Crippen LogP contribution in [0.15, 0.2) is 35.4 Å². The molecule has 0 saturated carbocycles. The minimum absolute atomic E-state index is 0.385. The number of nitrogens with zero attached hydrogens (tertiary/aromatic N) is 1. The van der Waals surface area contributed by atoms with Crippen LogP contribution in [0, 0.1) is 6.92 Å². The van der Waals surface area contributed by atoms with Gasteiger partial charge in [-0.3, -0.25) is 4.79 Å². The lowest BCUT2D eigenvalue weighted by atomic mass is 10.1. The molecule has 0 aliphatic carbocycles. The summed E-state index contributed by atoms with van der Waals surface area (Å²) < 4.78 is 15.6. The van der Waals surface area contributed by atoms with Crippen LogP contribution in [0.4, 0.5) is 0 Å². The van der Waals surface area contributed by atoms with Gasteiger partial charge in [0.1, 0.15) is 5.75 Å². The molecule has 0 aliphatic rings. The Labute approximate surface area is 151 Å². The minimum atomic E-state index is -0.385. The van der Waals surface area contributed by atoms with Crippen LogP contribution in [0.1, 0.15) is 21.5 Å². The third kappa shape index (κ3) is 4.42. The molecular formula is C18H19ClN2O4.